The standard InChI is InChI=1S/C16H20N2O2/c1-18(2)11-13-6-3-4-8-14(13)17-10-12-7-5-9-15(19)16(12)20/h3-9,17,19-20H,10-11H2,1-2H3. The van der Waals surface area contributed by atoms with Gasteiger partial charge in [-0.25, -0.2) is 0 Å². The number of hydrogen-bond donors (Lipinski definition) is 3. The molecule has 2 aromatic carbocycles. The van der Waals surface area contributed by atoms with Gasteiger partial charge in [0.2, 0.25) is 0 Å². The van der Waals surface area contributed by atoms with Crippen molar-refractivity contribution in [2.75, 3.05) is 19.4 Å². The van der Waals surface area contributed by atoms with Crippen molar-refractivity contribution in [2.24, 2.45) is 0 Å². The first-order valence-corrected chi connectivity index (χ1v) is 6.54. The second kappa shape index (κ2) is 6.30. The van der Waals surface area contributed by atoms with Gasteiger partial charge in [-0.3, -0.25) is 0 Å². The number of phenols is 2. The molecule has 4 nitrogen and oxygen atoms in total. The van der Waals surface area contributed by atoms with Crippen molar-refractivity contribution < 1.29 is 10.2 Å². The fourth-order valence-corrected chi connectivity index (χ4v) is 2.08. The lowest BCUT2D eigenvalue weighted by atomic mass is 10.1. The fourth-order valence-electron chi connectivity index (χ4n) is 2.08. The highest BCUT2D eigenvalue weighted by molar-refractivity contribution is 5.53. The summed E-state index contributed by atoms with van der Waals surface area (Å²) in [6.07, 6.45) is 0. The highest BCUT2D eigenvalue weighted by atomic mass is 16.3. The Morgan fingerprint density at radius 3 is 2.40 bits per heavy atom. The van der Waals surface area contributed by atoms with E-state index in [0.29, 0.717) is 12.1 Å². The zero-order chi connectivity index (χ0) is 14.5. The van der Waals surface area contributed by atoms with E-state index in [1.807, 2.05) is 32.3 Å². The van der Waals surface area contributed by atoms with Crippen LogP contribution in [0.3, 0.4) is 0 Å². The largest absolute Gasteiger partial charge is 0.504 e. The molecule has 0 amide bonds. The van der Waals surface area contributed by atoms with E-state index in [4.69, 9.17) is 0 Å². The van der Waals surface area contributed by atoms with Crippen LogP contribution in [0.15, 0.2) is 42.5 Å². The highest BCUT2D eigenvalue weighted by Crippen LogP contribution is 2.29. The molecular weight excluding hydrogens is 252 g/mol. The summed E-state index contributed by atoms with van der Waals surface area (Å²) in [5.41, 5.74) is 2.89. The Kier molecular flexibility index (Phi) is 4.48. The van der Waals surface area contributed by atoms with Gasteiger partial charge in [0.1, 0.15) is 0 Å². The van der Waals surface area contributed by atoms with Gasteiger partial charge in [-0.15, -0.1) is 0 Å². The predicted molar refractivity (Wildman–Crippen MR) is 80.9 cm³/mol. The fraction of sp³-hybridized carbons (Fsp3) is 0.250. The molecule has 3 N–H and O–H groups in total. The first-order valence-electron chi connectivity index (χ1n) is 6.54. The third-order valence-corrected chi connectivity index (χ3v) is 3.07. The average molecular weight is 272 g/mol. The molecule has 20 heavy (non-hydrogen) atoms. The topological polar surface area (TPSA) is 55.7 Å². The molecule has 0 aromatic heterocycles. The molecule has 106 valence electrons. The van der Waals surface area contributed by atoms with Crippen molar-refractivity contribution in [2.45, 2.75) is 13.1 Å². The Balaban J connectivity index is 2.13. The third-order valence-electron chi connectivity index (χ3n) is 3.07. The van der Waals surface area contributed by atoms with E-state index in [2.05, 4.69) is 16.3 Å². The second-order valence-electron chi connectivity index (χ2n) is 5.03. The van der Waals surface area contributed by atoms with Crippen LogP contribution in [0, 0.1) is 0 Å². The van der Waals surface area contributed by atoms with E-state index in [-0.39, 0.29) is 11.5 Å². The molecule has 2 aromatic rings. The van der Waals surface area contributed by atoms with Crippen LogP contribution in [0.25, 0.3) is 0 Å². The Labute approximate surface area is 119 Å². The van der Waals surface area contributed by atoms with Gasteiger partial charge < -0.3 is 20.4 Å². The van der Waals surface area contributed by atoms with Crippen LogP contribution in [-0.4, -0.2) is 29.2 Å². The first-order chi connectivity index (χ1) is 9.58. The van der Waals surface area contributed by atoms with E-state index >= 15 is 0 Å². The Morgan fingerprint density at radius 2 is 1.65 bits per heavy atom. The average Bonchev–Trinajstić information content (AvgIpc) is 2.41. The van der Waals surface area contributed by atoms with Gasteiger partial charge in [0.25, 0.3) is 0 Å². The Morgan fingerprint density at radius 1 is 0.950 bits per heavy atom. The summed E-state index contributed by atoms with van der Waals surface area (Å²) in [6.45, 7) is 1.31. The van der Waals surface area contributed by atoms with Crippen LogP contribution >= 0.6 is 0 Å². The van der Waals surface area contributed by atoms with Crippen molar-refractivity contribution in [3.05, 3.63) is 53.6 Å². The monoisotopic (exact) mass is 272 g/mol. The smallest absolute Gasteiger partial charge is 0.162 e. The van der Waals surface area contributed by atoms with E-state index in [1.54, 1.807) is 12.1 Å². The molecular formula is C16H20N2O2. The number of anilines is 1. The lowest BCUT2D eigenvalue weighted by Gasteiger charge is -2.16. The molecule has 0 unspecified atom stereocenters. The van der Waals surface area contributed by atoms with Crippen molar-refractivity contribution in [3.63, 3.8) is 0 Å². The number of nitrogens with one attached hydrogen (secondary N) is 1. The van der Waals surface area contributed by atoms with Crippen LogP contribution in [-0.2, 0) is 13.1 Å². The Hall–Kier alpha value is -2.20. The normalized spacial score (nSPS) is 10.8. The minimum Gasteiger partial charge on any atom is -0.504 e. The first kappa shape index (κ1) is 14.2. The van der Waals surface area contributed by atoms with Gasteiger partial charge in [0.05, 0.1) is 0 Å². The molecule has 0 spiro atoms. The highest BCUT2D eigenvalue weighted by Gasteiger charge is 2.07. The van der Waals surface area contributed by atoms with Crippen molar-refractivity contribution in [1.82, 2.24) is 4.90 Å². The molecule has 0 aliphatic heterocycles. The molecule has 0 aliphatic rings. The van der Waals surface area contributed by atoms with Crippen LogP contribution in [0.2, 0.25) is 0 Å². The number of aromatic hydroxyl groups is 2. The summed E-state index contributed by atoms with van der Waals surface area (Å²) in [6, 6.07) is 13.1. The lowest BCUT2D eigenvalue weighted by molar-refractivity contribution is 0.399. The minimum atomic E-state index is -0.0918. The number of para-hydroxylation sites is 2. The molecule has 0 bridgehead atoms. The summed E-state index contributed by atoms with van der Waals surface area (Å²) in [7, 11) is 4.05. The molecule has 0 radical (unpaired) electrons. The Bertz CT molecular complexity index is 582. The van der Waals surface area contributed by atoms with Crippen molar-refractivity contribution in [1.29, 1.82) is 0 Å². The number of benzene rings is 2. The summed E-state index contributed by atoms with van der Waals surface area (Å²) in [5, 5.41) is 22.6. The minimum absolute atomic E-state index is 0.0647. The maximum Gasteiger partial charge on any atom is 0.162 e. The summed E-state index contributed by atoms with van der Waals surface area (Å²) in [4.78, 5) is 2.10. The number of phenolic OH excluding ortho intramolecular Hbond substituents is 2. The maximum atomic E-state index is 9.79. The van der Waals surface area contributed by atoms with E-state index in [0.717, 1.165) is 12.2 Å². The van der Waals surface area contributed by atoms with Crippen LogP contribution in [0.5, 0.6) is 11.5 Å². The van der Waals surface area contributed by atoms with Gasteiger partial charge in [-0.05, 0) is 31.8 Å². The number of rotatable bonds is 5. The van der Waals surface area contributed by atoms with E-state index < -0.39 is 0 Å². The summed E-state index contributed by atoms with van der Waals surface area (Å²) >= 11 is 0. The molecule has 2 rings (SSSR count). The summed E-state index contributed by atoms with van der Waals surface area (Å²) in [5.74, 6) is -0.157. The van der Waals surface area contributed by atoms with Crippen LogP contribution in [0.4, 0.5) is 5.69 Å². The molecule has 0 aliphatic carbocycles. The molecule has 0 saturated heterocycles. The number of hydrogen-bond acceptors (Lipinski definition) is 4. The summed E-state index contributed by atoms with van der Waals surface area (Å²) < 4.78 is 0. The van der Waals surface area contributed by atoms with Gasteiger partial charge in [0.15, 0.2) is 11.5 Å². The maximum absolute atomic E-state index is 9.79. The van der Waals surface area contributed by atoms with Gasteiger partial charge in [-0.2, -0.15) is 0 Å². The SMILES string of the molecule is CN(C)Cc1ccccc1NCc1cccc(O)c1O. The van der Waals surface area contributed by atoms with E-state index in [9.17, 15) is 10.2 Å². The molecule has 0 heterocycles. The number of nitrogens with zero attached hydrogens (tertiary/aromatic N) is 1. The third kappa shape index (κ3) is 3.42. The van der Waals surface area contributed by atoms with Crippen molar-refractivity contribution in [3.8, 4) is 11.5 Å². The lowest BCUT2D eigenvalue weighted by Crippen LogP contribution is -2.12. The van der Waals surface area contributed by atoms with Crippen LogP contribution in [0.1, 0.15) is 11.1 Å². The zero-order valence-electron chi connectivity index (χ0n) is 11.8. The van der Waals surface area contributed by atoms with E-state index in [1.165, 1.54) is 11.6 Å². The van der Waals surface area contributed by atoms with Crippen molar-refractivity contribution >= 4 is 5.69 Å². The molecule has 0 saturated carbocycles. The van der Waals surface area contributed by atoms with Crippen LogP contribution < -0.4 is 5.32 Å². The quantitative estimate of drug-likeness (QED) is 0.733. The van der Waals surface area contributed by atoms with Gasteiger partial charge >= 0.3 is 0 Å². The predicted octanol–water partition coefficient (Wildman–Crippen LogP) is 2.77. The second-order valence-corrected chi connectivity index (χ2v) is 5.03. The van der Waals surface area contributed by atoms with Gasteiger partial charge in [-0.1, -0.05) is 30.3 Å². The van der Waals surface area contributed by atoms with Gasteiger partial charge in [0, 0.05) is 24.3 Å². The zero-order valence-corrected chi connectivity index (χ0v) is 11.8. The molecule has 0 atom stereocenters. The molecule has 4 heteroatoms. The molecule has 0 fully saturated rings.